The lowest BCUT2D eigenvalue weighted by molar-refractivity contribution is -0.155. The maximum atomic E-state index is 12.6. The van der Waals surface area contributed by atoms with Crippen LogP contribution in [0.5, 0.6) is 5.75 Å². The fourth-order valence-electron chi connectivity index (χ4n) is 3.56. The Bertz CT molecular complexity index is 913. The average Bonchev–Trinajstić information content (AvgIpc) is 3.10. The zero-order valence-corrected chi connectivity index (χ0v) is 19.8. The maximum absolute atomic E-state index is 12.6. The van der Waals surface area contributed by atoms with Crippen molar-refractivity contribution < 1.29 is 32.3 Å². The van der Waals surface area contributed by atoms with Crippen LogP contribution in [0.3, 0.4) is 0 Å². The molecule has 0 aliphatic carbocycles. The van der Waals surface area contributed by atoms with Gasteiger partial charge in [0, 0.05) is 18.2 Å². The Morgan fingerprint density at radius 1 is 1.16 bits per heavy atom. The van der Waals surface area contributed by atoms with Gasteiger partial charge in [0.25, 0.3) is 11.8 Å². The predicted molar refractivity (Wildman–Crippen MR) is 119 cm³/mol. The van der Waals surface area contributed by atoms with Crippen molar-refractivity contribution in [3.05, 3.63) is 29.8 Å². The highest BCUT2D eigenvalue weighted by Crippen LogP contribution is 2.18. The molecule has 178 valence electrons. The Balaban J connectivity index is 1.96. The van der Waals surface area contributed by atoms with Crippen LogP contribution in [-0.2, 0) is 24.2 Å². The SMILES string of the molecule is CCOc1ccc(C(=O)NC(C(=O)OCC(=O)N(CC)C2CCS(=O)(=O)C2)C(C)C)cc1. The number of esters is 1. The minimum Gasteiger partial charge on any atom is -0.494 e. The van der Waals surface area contributed by atoms with Crippen LogP contribution in [0.25, 0.3) is 0 Å². The molecule has 10 heteroatoms. The van der Waals surface area contributed by atoms with Crippen molar-refractivity contribution in [1.29, 1.82) is 0 Å². The first-order chi connectivity index (χ1) is 15.1. The summed E-state index contributed by atoms with van der Waals surface area (Å²) in [5.41, 5.74) is 0.364. The molecule has 1 aliphatic heterocycles. The number of hydrogen-bond acceptors (Lipinski definition) is 7. The second kappa shape index (κ2) is 11.3. The number of nitrogens with zero attached hydrogens (tertiary/aromatic N) is 1. The van der Waals surface area contributed by atoms with Crippen LogP contribution in [0.2, 0.25) is 0 Å². The van der Waals surface area contributed by atoms with E-state index in [1.54, 1.807) is 45.0 Å². The first-order valence-corrected chi connectivity index (χ1v) is 12.6. The number of nitrogens with one attached hydrogen (secondary N) is 1. The van der Waals surface area contributed by atoms with Crippen LogP contribution in [0.4, 0.5) is 0 Å². The molecule has 1 fully saturated rings. The molecule has 1 heterocycles. The summed E-state index contributed by atoms with van der Waals surface area (Å²) in [5.74, 6) is -1.28. The van der Waals surface area contributed by atoms with Crippen molar-refractivity contribution in [3.63, 3.8) is 0 Å². The van der Waals surface area contributed by atoms with Gasteiger partial charge in [-0.15, -0.1) is 0 Å². The zero-order chi connectivity index (χ0) is 23.9. The summed E-state index contributed by atoms with van der Waals surface area (Å²) in [7, 11) is -3.14. The number of hydrogen-bond donors (Lipinski definition) is 1. The third-order valence-corrected chi connectivity index (χ3v) is 7.03. The fraction of sp³-hybridized carbons (Fsp3) is 0.591. The lowest BCUT2D eigenvalue weighted by Gasteiger charge is -2.27. The van der Waals surface area contributed by atoms with E-state index in [1.165, 1.54) is 4.90 Å². The Morgan fingerprint density at radius 3 is 2.31 bits per heavy atom. The lowest BCUT2D eigenvalue weighted by atomic mass is 10.0. The molecule has 0 radical (unpaired) electrons. The first-order valence-electron chi connectivity index (χ1n) is 10.8. The third-order valence-electron chi connectivity index (χ3n) is 5.28. The van der Waals surface area contributed by atoms with Gasteiger partial charge in [0.05, 0.1) is 18.1 Å². The molecule has 2 atom stereocenters. The highest BCUT2D eigenvalue weighted by Gasteiger charge is 2.34. The number of ether oxygens (including phenoxy) is 2. The molecule has 1 N–H and O–H groups in total. The van der Waals surface area contributed by atoms with E-state index in [4.69, 9.17) is 9.47 Å². The summed E-state index contributed by atoms with van der Waals surface area (Å²) in [6.07, 6.45) is 0.378. The van der Waals surface area contributed by atoms with Crippen LogP contribution in [0.1, 0.15) is 44.5 Å². The second-order valence-corrected chi connectivity index (χ2v) is 10.2. The predicted octanol–water partition coefficient (Wildman–Crippen LogP) is 1.42. The van der Waals surface area contributed by atoms with Gasteiger partial charge >= 0.3 is 5.97 Å². The van der Waals surface area contributed by atoms with E-state index in [0.717, 1.165) is 0 Å². The maximum Gasteiger partial charge on any atom is 0.329 e. The molecular formula is C22H32N2O7S. The summed E-state index contributed by atoms with van der Waals surface area (Å²) in [6.45, 7) is 7.45. The molecule has 2 unspecified atom stereocenters. The quantitative estimate of drug-likeness (QED) is 0.516. The van der Waals surface area contributed by atoms with Gasteiger partial charge in [-0.1, -0.05) is 13.8 Å². The molecule has 9 nitrogen and oxygen atoms in total. The highest BCUT2D eigenvalue weighted by molar-refractivity contribution is 7.91. The van der Waals surface area contributed by atoms with Crippen LogP contribution in [0, 0.1) is 5.92 Å². The molecule has 2 amide bonds. The smallest absolute Gasteiger partial charge is 0.329 e. The largest absolute Gasteiger partial charge is 0.494 e. The van der Waals surface area contributed by atoms with E-state index in [0.29, 0.717) is 30.9 Å². The first kappa shape index (κ1) is 25.6. The summed E-state index contributed by atoms with van der Waals surface area (Å²) < 4.78 is 34.0. The van der Waals surface area contributed by atoms with E-state index < -0.39 is 46.3 Å². The minimum atomic E-state index is -3.14. The van der Waals surface area contributed by atoms with Crippen molar-refractivity contribution in [3.8, 4) is 5.75 Å². The number of sulfone groups is 1. The molecule has 0 saturated carbocycles. The van der Waals surface area contributed by atoms with Crippen LogP contribution >= 0.6 is 0 Å². The lowest BCUT2D eigenvalue weighted by Crippen LogP contribution is -2.47. The molecule has 0 aromatic heterocycles. The van der Waals surface area contributed by atoms with Crippen LogP contribution < -0.4 is 10.1 Å². The van der Waals surface area contributed by atoms with Gasteiger partial charge in [-0.2, -0.15) is 0 Å². The molecular weight excluding hydrogens is 436 g/mol. The van der Waals surface area contributed by atoms with Gasteiger partial charge < -0.3 is 19.7 Å². The summed E-state index contributed by atoms with van der Waals surface area (Å²) in [4.78, 5) is 39.2. The number of likely N-dealkylation sites (N-methyl/N-ethyl adjacent to an activating group) is 1. The highest BCUT2D eigenvalue weighted by atomic mass is 32.2. The van der Waals surface area contributed by atoms with E-state index in [1.807, 2.05) is 6.92 Å². The number of carbonyl (C=O) groups is 3. The van der Waals surface area contributed by atoms with Crippen LogP contribution in [0.15, 0.2) is 24.3 Å². The van der Waals surface area contributed by atoms with E-state index in [9.17, 15) is 22.8 Å². The third kappa shape index (κ3) is 6.94. The summed E-state index contributed by atoms with van der Waals surface area (Å²) >= 11 is 0. The number of amides is 2. The van der Waals surface area contributed by atoms with E-state index in [-0.39, 0.29) is 17.4 Å². The fourth-order valence-corrected chi connectivity index (χ4v) is 5.29. The minimum absolute atomic E-state index is 0.0498. The van der Waals surface area contributed by atoms with Gasteiger partial charge in [0.2, 0.25) is 0 Å². The zero-order valence-electron chi connectivity index (χ0n) is 19.0. The molecule has 1 saturated heterocycles. The molecule has 0 spiro atoms. The second-order valence-electron chi connectivity index (χ2n) is 8.00. The van der Waals surface area contributed by atoms with Crippen molar-refractivity contribution >= 4 is 27.6 Å². The Morgan fingerprint density at radius 2 is 1.81 bits per heavy atom. The Kier molecular flexibility index (Phi) is 9.06. The van der Waals surface area contributed by atoms with Gasteiger partial charge in [-0.3, -0.25) is 9.59 Å². The molecule has 2 rings (SSSR count). The summed E-state index contributed by atoms with van der Waals surface area (Å²) in [6, 6.07) is 5.19. The van der Waals surface area contributed by atoms with Crippen molar-refractivity contribution in [2.45, 2.75) is 46.2 Å². The van der Waals surface area contributed by atoms with Crippen molar-refractivity contribution in [2.75, 3.05) is 31.3 Å². The monoisotopic (exact) mass is 468 g/mol. The van der Waals surface area contributed by atoms with Gasteiger partial charge in [-0.25, -0.2) is 13.2 Å². The molecule has 32 heavy (non-hydrogen) atoms. The van der Waals surface area contributed by atoms with Gasteiger partial charge in [0.15, 0.2) is 16.4 Å². The van der Waals surface area contributed by atoms with Gasteiger partial charge in [-0.05, 0) is 50.5 Å². The van der Waals surface area contributed by atoms with Crippen molar-refractivity contribution in [2.24, 2.45) is 5.92 Å². The topological polar surface area (TPSA) is 119 Å². The summed E-state index contributed by atoms with van der Waals surface area (Å²) in [5, 5.41) is 2.66. The van der Waals surface area contributed by atoms with E-state index in [2.05, 4.69) is 5.32 Å². The number of carbonyl (C=O) groups excluding carboxylic acids is 3. The number of rotatable bonds is 10. The molecule has 1 aliphatic rings. The van der Waals surface area contributed by atoms with Gasteiger partial charge in [0.1, 0.15) is 11.8 Å². The Labute approximate surface area is 189 Å². The average molecular weight is 469 g/mol. The standard InChI is InChI=1S/C22H32N2O7S/c1-5-24(17-11-12-32(28,29)14-17)19(25)13-31-22(27)20(15(3)4)23-21(26)16-7-9-18(10-8-16)30-6-2/h7-10,15,17,20H,5-6,11-14H2,1-4H3,(H,23,26). The molecule has 1 aromatic rings. The molecule has 1 aromatic carbocycles. The van der Waals surface area contributed by atoms with Crippen molar-refractivity contribution in [1.82, 2.24) is 10.2 Å². The van der Waals surface area contributed by atoms with Crippen LogP contribution in [-0.4, -0.2) is 74.4 Å². The molecule has 0 bridgehead atoms. The number of benzene rings is 1. The Hall–Kier alpha value is -2.62. The van der Waals surface area contributed by atoms with E-state index >= 15 is 0 Å². The normalized spacial score (nSPS) is 18.1.